The highest BCUT2D eigenvalue weighted by Crippen LogP contribution is 2.27. The zero-order valence-corrected chi connectivity index (χ0v) is 7.53. The van der Waals surface area contributed by atoms with E-state index in [2.05, 4.69) is 0 Å². The minimum Gasteiger partial charge on any atom is -0.396 e. The molecule has 1 N–H and O–H groups in total. The lowest BCUT2D eigenvalue weighted by atomic mass is 10.1. The van der Waals surface area contributed by atoms with Crippen LogP contribution in [0.15, 0.2) is 18.2 Å². The summed E-state index contributed by atoms with van der Waals surface area (Å²) in [4.78, 5) is 11.6. The van der Waals surface area contributed by atoms with Gasteiger partial charge in [0.15, 0.2) is 5.78 Å². The molecule has 0 heterocycles. The van der Waals surface area contributed by atoms with Crippen molar-refractivity contribution in [2.24, 2.45) is 5.92 Å². The highest BCUT2D eigenvalue weighted by molar-refractivity contribution is 6.02. The lowest BCUT2D eigenvalue weighted by molar-refractivity contribution is 0.0883. The second kappa shape index (κ2) is 3.24. The molecule has 0 bridgehead atoms. The van der Waals surface area contributed by atoms with Gasteiger partial charge in [0.1, 0.15) is 0 Å². The highest BCUT2D eigenvalue weighted by atomic mass is 16.3. The van der Waals surface area contributed by atoms with E-state index in [4.69, 9.17) is 10.4 Å². The Labute approximate surface area is 81.6 Å². The highest BCUT2D eigenvalue weighted by Gasteiger charge is 2.29. The van der Waals surface area contributed by atoms with Crippen molar-refractivity contribution in [3.63, 3.8) is 0 Å². The summed E-state index contributed by atoms with van der Waals surface area (Å²) < 4.78 is 0. The maximum Gasteiger partial charge on any atom is 0.168 e. The van der Waals surface area contributed by atoms with Crippen LogP contribution in [0, 0.1) is 17.2 Å². The Balaban J connectivity index is 2.45. The lowest BCUT2D eigenvalue weighted by Crippen LogP contribution is -2.12. The topological polar surface area (TPSA) is 61.1 Å². The maximum absolute atomic E-state index is 11.6. The van der Waals surface area contributed by atoms with Crippen LogP contribution >= 0.6 is 0 Å². The molecule has 3 nitrogen and oxygen atoms in total. The van der Waals surface area contributed by atoms with Crippen molar-refractivity contribution in [2.75, 3.05) is 6.61 Å². The number of carbonyl (C=O) groups is 1. The lowest BCUT2D eigenvalue weighted by Gasteiger charge is -1.99. The van der Waals surface area contributed by atoms with Crippen molar-refractivity contribution < 1.29 is 9.90 Å². The first kappa shape index (κ1) is 8.92. The first-order chi connectivity index (χ1) is 6.76. The summed E-state index contributed by atoms with van der Waals surface area (Å²) >= 11 is 0. The van der Waals surface area contributed by atoms with E-state index < -0.39 is 0 Å². The molecule has 1 atom stereocenters. The van der Waals surface area contributed by atoms with E-state index in [1.807, 2.05) is 6.07 Å². The molecule has 3 heteroatoms. The second-order valence-corrected chi connectivity index (χ2v) is 3.43. The molecule has 0 aliphatic heterocycles. The van der Waals surface area contributed by atoms with Crippen LogP contribution in [0.4, 0.5) is 0 Å². The van der Waals surface area contributed by atoms with E-state index >= 15 is 0 Å². The fourth-order valence-corrected chi connectivity index (χ4v) is 1.80. The van der Waals surface area contributed by atoms with E-state index in [9.17, 15) is 4.79 Å². The van der Waals surface area contributed by atoms with Gasteiger partial charge in [-0.05, 0) is 30.2 Å². The molecule has 0 amide bonds. The van der Waals surface area contributed by atoms with E-state index in [-0.39, 0.29) is 18.3 Å². The number of rotatable bonds is 1. The fraction of sp³-hybridized carbons (Fsp3) is 0.273. The number of aliphatic hydroxyl groups excluding tert-OH is 1. The van der Waals surface area contributed by atoms with Crippen LogP contribution in [0.25, 0.3) is 0 Å². The molecule has 0 aromatic heterocycles. The predicted octanol–water partition coefficient (Wildman–Crippen LogP) is 0.906. The number of fused-ring (bicyclic) bond motifs is 1. The summed E-state index contributed by atoms with van der Waals surface area (Å²) in [6, 6.07) is 7.06. The van der Waals surface area contributed by atoms with Crippen molar-refractivity contribution in [3.8, 4) is 6.07 Å². The Bertz CT molecular complexity index is 431. The molecule has 1 aliphatic rings. The van der Waals surface area contributed by atoms with Crippen molar-refractivity contribution in [3.05, 3.63) is 34.9 Å². The van der Waals surface area contributed by atoms with Gasteiger partial charge < -0.3 is 5.11 Å². The predicted molar refractivity (Wildman–Crippen MR) is 49.8 cm³/mol. The monoisotopic (exact) mass is 187 g/mol. The number of Topliss-reactive ketones (excluding diaryl/α,β-unsaturated/α-hetero) is 1. The fourth-order valence-electron chi connectivity index (χ4n) is 1.80. The third kappa shape index (κ3) is 1.21. The molecule has 1 unspecified atom stereocenters. The minimum absolute atomic E-state index is 0.00742. The number of aliphatic hydroxyl groups is 1. The minimum atomic E-state index is -0.307. The van der Waals surface area contributed by atoms with Crippen molar-refractivity contribution >= 4 is 5.78 Å². The van der Waals surface area contributed by atoms with Gasteiger partial charge in [0.25, 0.3) is 0 Å². The van der Waals surface area contributed by atoms with Crippen LogP contribution < -0.4 is 0 Å². The van der Waals surface area contributed by atoms with Crippen LogP contribution in [-0.4, -0.2) is 17.5 Å². The van der Waals surface area contributed by atoms with E-state index in [0.717, 1.165) is 5.56 Å². The molecule has 0 radical (unpaired) electrons. The smallest absolute Gasteiger partial charge is 0.168 e. The van der Waals surface area contributed by atoms with Gasteiger partial charge in [-0.15, -0.1) is 0 Å². The number of hydrogen-bond acceptors (Lipinski definition) is 3. The quantitative estimate of drug-likeness (QED) is 0.710. The number of carbonyl (C=O) groups excluding carboxylic acids is 1. The molecule has 1 aromatic rings. The van der Waals surface area contributed by atoms with Gasteiger partial charge in [-0.3, -0.25) is 4.79 Å². The van der Waals surface area contributed by atoms with Gasteiger partial charge in [0.05, 0.1) is 18.2 Å². The Morgan fingerprint density at radius 3 is 3.00 bits per heavy atom. The van der Waals surface area contributed by atoms with Gasteiger partial charge in [0.2, 0.25) is 0 Å². The Kier molecular flexibility index (Phi) is 2.06. The van der Waals surface area contributed by atoms with Crippen molar-refractivity contribution in [1.29, 1.82) is 5.26 Å². The van der Waals surface area contributed by atoms with Crippen LogP contribution in [0.2, 0.25) is 0 Å². The van der Waals surface area contributed by atoms with Crippen LogP contribution in [0.5, 0.6) is 0 Å². The number of hydrogen-bond donors (Lipinski definition) is 1. The van der Waals surface area contributed by atoms with Crippen molar-refractivity contribution in [1.82, 2.24) is 0 Å². The molecule has 1 aliphatic carbocycles. The van der Waals surface area contributed by atoms with E-state index in [1.165, 1.54) is 0 Å². The first-order valence-corrected chi connectivity index (χ1v) is 4.44. The average Bonchev–Trinajstić information content (AvgIpc) is 2.55. The molecule has 0 spiro atoms. The summed E-state index contributed by atoms with van der Waals surface area (Å²) in [5, 5.41) is 17.6. The summed E-state index contributed by atoms with van der Waals surface area (Å²) in [6.45, 7) is -0.116. The van der Waals surface area contributed by atoms with Gasteiger partial charge in [-0.1, -0.05) is 0 Å². The van der Waals surface area contributed by atoms with Gasteiger partial charge in [-0.25, -0.2) is 0 Å². The summed E-state index contributed by atoms with van der Waals surface area (Å²) in [6.07, 6.45) is 0.556. The Morgan fingerprint density at radius 1 is 1.57 bits per heavy atom. The number of benzene rings is 1. The zero-order valence-electron chi connectivity index (χ0n) is 7.53. The zero-order chi connectivity index (χ0) is 10.1. The molecule has 2 rings (SSSR count). The van der Waals surface area contributed by atoms with Gasteiger partial charge in [0, 0.05) is 11.5 Å². The average molecular weight is 187 g/mol. The number of nitrogens with zero attached hydrogens (tertiary/aromatic N) is 1. The molecule has 1 aromatic carbocycles. The SMILES string of the molecule is N#Cc1ccc2c(c1)CC(CO)C2=O. The normalized spacial score (nSPS) is 19.1. The Morgan fingerprint density at radius 2 is 2.36 bits per heavy atom. The van der Waals surface area contributed by atoms with Crippen LogP contribution in [0.3, 0.4) is 0 Å². The summed E-state index contributed by atoms with van der Waals surface area (Å²) in [7, 11) is 0. The van der Waals surface area contributed by atoms with E-state index in [0.29, 0.717) is 17.5 Å². The number of ketones is 1. The third-order valence-corrected chi connectivity index (χ3v) is 2.56. The second-order valence-electron chi connectivity index (χ2n) is 3.43. The Hall–Kier alpha value is -1.66. The summed E-state index contributed by atoms with van der Waals surface area (Å²) in [5.41, 5.74) is 2.10. The molecule has 0 fully saturated rings. The number of nitriles is 1. The standard InChI is InChI=1S/C11H9NO2/c12-5-7-1-2-10-8(3-7)4-9(6-13)11(10)14/h1-3,9,13H,4,6H2. The third-order valence-electron chi connectivity index (χ3n) is 2.56. The largest absolute Gasteiger partial charge is 0.396 e. The van der Waals surface area contributed by atoms with Crippen molar-refractivity contribution in [2.45, 2.75) is 6.42 Å². The molecule has 14 heavy (non-hydrogen) atoms. The molecular weight excluding hydrogens is 178 g/mol. The van der Waals surface area contributed by atoms with Gasteiger partial charge in [-0.2, -0.15) is 5.26 Å². The first-order valence-electron chi connectivity index (χ1n) is 4.44. The van der Waals surface area contributed by atoms with Gasteiger partial charge >= 0.3 is 0 Å². The van der Waals surface area contributed by atoms with Crippen LogP contribution in [-0.2, 0) is 6.42 Å². The molecule has 70 valence electrons. The van der Waals surface area contributed by atoms with Crippen LogP contribution in [0.1, 0.15) is 21.5 Å². The maximum atomic E-state index is 11.6. The summed E-state index contributed by atoms with van der Waals surface area (Å²) in [5.74, 6) is -0.314. The molecule has 0 saturated carbocycles. The van der Waals surface area contributed by atoms with E-state index in [1.54, 1.807) is 18.2 Å². The molecular formula is C11H9NO2. The molecule has 0 saturated heterocycles.